The van der Waals surface area contributed by atoms with Crippen molar-refractivity contribution in [1.82, 2.24) is 0 Å². The van der Waals surface area contributed by atoms with E-state index >= 15 is 0 Å². The van der Waals surface area contributed by atoms with Crippen molar-refractivity contribution in [2.24, 2.45) is 65.1 Å². The molecule has 0 aromatic carbocycles. The van der Waals surface area contributed by atoms with E-state index in [1.807, 2.05) is 41.5 Å². The zero-order chi connectivity index (χ0) is 47.1. The van der Waals surface area contributed by atoms with Gasteiger partial charge in [0.2, 0.25) is 0 Å². The first kappa shape index (κ1) is 67.0. The van der Waals surface area contributed by atoms with Crippen molar-refractivity contribution >= 4 is 5.78 Å². The van der Waals surface area contributed by atoms with Crippen LogP contribution in [-0.4, -0.2) is 86.3 Å². The van der Waals surface area contributed by atoms with Gasteiger partial charge in [-0.05, 0) is 131 Å². The van der Waals surface area contributed by atoms with Crippen LogP contribution in [0.3, 0.4) is 0 Å². The van der Waals surface area contributed by atoms with Crippen molar-refractivity contribution in [3.63, 3.8) is 0 Å². The summed E-state index contributed by atoms with van der Waals surface area (Å²) in [5, 5.41) is 55.2. The lowest BCUT2D eigenvalue weighted by Crippen LogP contribution is -2.33. The molecule has 6 N–H and O–H groups in total. The van der Waals surface area contributed by atoms with Gasteiger partial charge in [0.25, 0.3) is 0 Å². The largest absolute Gasteiger partial charge is 0.393 e. The summed E-state index contributed by atoms with van der Waals surface area (Å²) in [6.45, 7) is 36.2. The predicted molar refractivity (Wildman–Crippen MR) is 263 cm³/mol. The lowest BCUT2D eigenvalue weighted by Gasteiger charge is -2.35. The molecule has 0 spiro atoms. The van der Waals surface area contributed by atoms with Crippen molar-refractivity contribution in [3.05, 3.63) is 0 Å². The number of aliphatic hydroxyl groups is 6. The van der Waals surface area contributed by atoms with Crippen LogP contribution in [0.25, 0.3) is 0 Å². The molecule has 0 aromatic rings. The molecule has 0 aliphatic heterocycles. The molecule has 4 fully saturated rings. The Hall–Kier alpha value is -0.610. The van der Waals surface area contributed by atoms with Crippen molar-refractivity contribution in [2.75, 3.05) is 13.2 Å². The van der Waals surface area contributed by atoms with Gasteiger partial charge < -0.3 is 35.4 Å². The molecular weight excluding hydrogens is 765 g/mol. The van der Waals surface area contributed by atoms with Crippen LogP contribution in [0.4, 0.5) is 0 Å². The van der Waals surface area contributed by atoms with E-state index in [4.69, 9.17) is 20.1 Å². The molecule has 0 saturated heterocycles. The van der Waals surface area contributed by atoms with E-state index in [-0.39, 0.29) is 49.6 Å². The van der Waals surface area contributed by atoms with Crippen molar-refractivity contribution in [2.45, 2.75) is 258 Å². The third-order valence-corrected chi connectivity index (χ3v) is 14.4. The molecule has 17 unspecified atom stereocenters. The predicted octanol–water partition coefficient (Wildman–Crippen LogP) is 12.3. The highest BCUT2D eigenvalue weighted by atomic mass is 16.5. The monoisotopic (exact) mass is 877 g/mol. The molecule has 8 heteroatoms. The number of rotatable bonds is 14. The normalized spacial score (nSPS) is 32.0. The molecule has 4 aliphatic carbocycles. The quantitative estimate of drug-likeness (QED) is 0.101. The van der Waals surface area contributed by atoms with Crippen LogP contribution in [0.15, 0.2) is 0 Å². The summed E-state index contributed by atoms with van der Waals surface area (Å²) in [6, 6.07) is 0. The zero-order valence-electron chi connectivity index (χ0n) is 42.8. The first-order valence-electron chi connectivity index (χ1n) is 25.4. The average molecular weight is 877 g/mol. The van der Waals surface area contributed by atoms with Gasteiger partial charge in [0, 0.05) is 18.9 Å². The molecule has 0 heterocycles. The number of carbonyl (C=O) groups is 1. The Balaban J connectivity index is -0.000000319. The number of ether oxygens (including phenoxy) is 1. The van der Waals surface area contributed by atoms with Crippen LogP contribution in [0, 0.1) is 65.1 Å². The Morgan fingerprint density at radius 3 is 1.52 bits per heavy atom. The van der Waals surface area contributed by atoms with Gasteiger partial charge in [-0.15, -0.1) is 0 Å². The van der Waals surface area contributed by atoms with Crippen LogP contribution >= 0.6 is 0 Å². The lowest BCUT2D eigenvalue weighted by molar-refractivity contribution is -0.124. The first-order chi connectivity index (χ1) is 28.2. The number of fused-ring (bicyclic) bond motifs is 2. The van der Waals surface area contributed by atoms with E-state index in [9.17, 15) is 20.1 Å². The Morgan fingerprint density at radius 1 is 0.607 bits per heavy atom. The van der Waals surface area contributed by atoms with E-state index in [1.54, 1.807) is 13.8 Å². The summed E-state index contributed by atoms with van der Waals surface area (Å²) in [5.74, 6) is 7.16. The highest BCUT2D eigenvalue weighted by Gasteiger charge is 2.49. The molecule has 17 atom stereocenters. The van der Waals surface area contributed by atoms with E-state index in [0.29, 0.717) is 55.0 Å². The number of ketones is 1. The molecule has 61 heavy (non-hydrogen) atoms. The second kappa shape index (κ2) is 39.7. The van der Waals surface area contributed by atoms with E-state index in [0.717, 1.165) is 62.4 Å². The van der Waals surface area contributed by atoms with Gasteiger partial charge in [-0.25, -0.2) is 0 Å². The van der Waals surface area contributed by atoms with Crippen LogP contribution < -0.4 is 0 Å². The first-order valence-corrected chi connectivity index (χ1v) is 25.4. The topological polar surface area (TPSA) is 148 Å². The minimum atomic E-state index is -0.434. The number of hydrogen-bond donors (Lipinski definition) is 6. The third kappa shape index (κ3) is 30.3. The van der Waals surface area contributed by atoms with Gasteiger partial charge in [0.05, 0.1) is 43.2 Å². The van der Waals surface area contributed by atoms with E-state index in [1.165, 1.54) is 51.4 Å². The Morgan fingerprint density at radius 2 is 1.15 bits per heavy atom. The SMILES string of the molecule is C.CC.CCC(C)COCC(C)O.CCC(C)O.CCC(O)CC(=O)C(C)CC.CCC1CC(C)C(C)C(O)C1.CCC1CC2CC1C(O)C2C.CCC1CCC(C)C(O)C1. The van der Waals surface area contributed by atoms with Crippen LogP contribution in [-0.2, 0) is 9.53 Å². The smallest absolute Gasteiger partial charge is 0.138 e. The Labute approximate surface area is 381 Å². The Bertz CT molecular complexity index is 943. The van der Waals surface area contributed by atoms with Crippen LogP contribution in [0.5, 0.6) is 0 Å². The summed E-state index contributed by atoms with van der Waals surface area (Å²) in [4.78, 5) is 11.2. The van der Waals surface area contributed by atoms with Crippen LogP contribution in [0.1, 0.15) is 221 Å². The Kier molecular flexibility index (Phi) is 43.6. The summed E-state index contributed by atoms with van der Waals surface area (Å²) in [6.07, 6.45) is 15.3. The minimum Gasteiger partial charge on any atom is -0.393 e. The van der Waals surface area contributed by atoms with E-state index in [2.05, 4.69) is 62.3 Å². The van der Waals surface area contributed by atoms with Crippen LogP contribution in [0.2, 0.25) is 0 Å². The number of carbonyl (C=O) groups excluding carboxylic acids is 1. The van der Waals surface area contributed by atoms with Crippen molar-refractivity contribution in [3.8, 4) is 0 Å². The summed E-state index contributed by atoms with van der Waals surface area (Å²) in [5.41, 5.74) is 0. The fourth-order valence-electron chi connectivity index (χ4n) is 8.41. The second-order valence-corrected chi connectivity index (χ2v) is 19.4. The highest BCUT2D eigenvalue weighted by molar-refractivity contribution is 5.80. The average Bonchev–Trinajstić information content (AvgIpc) is 3.79. The fourth-order valence-corrected chi connectivity index (χ4v) is 8.41. The number of aliphatic hydroxyl groups excluding tert-OH is 6. The van der Waals surface area contributed by atoms with Crippen molar-refractivity contribution < 1.29 is 40.2 Å². The molecule has 2 bridgehead atoms. The maximum absolute atomic E-state index is 11.2. The molecule has 4 aliphatic rings. The molecule has 4 rings (SSSR count). The molecular formula is C53H112O8. The summed E-state index contributed by atoms with van der Waals surface area (Å²) in [7, 11) is 0. The molecule has 4 saturated carbocycles. The molecule has 0 amide bonds. The maximum Gasteiger partial charge on any atom is 0.138 e. The summed E-state index contributed by atoms with van der Waals surface area (Å²) < 4.78 is 5.20. The third-order valence-electron chi connectivity index (χ3n) is 14.4. The van der Waals surface area contributed by atoms with Gasteiger partial charge in [-0.1, -0.05) is 143 Å². The molecule has 0 radical (unpaired) electrons. The highest BCUT2D eigenvalue weighted by Crippen LogP contribution is 2.52. The number of hydrogen-bond acceptors (Lipinski definition) is 8. The van der Waals surface area contributed by atoms with Gasteiger partial charge in [-0.2, -0.15) is 0 Å². The van der Waals surface area contributed by atoms with Gasteiger partial charge in [0.15, 0.2) is 0 Å². The molecule has 8 nitrogen and oxygen atoms in total. The summed E-state index contributed by atoms with van der Waals surface area (Å²) >= 11 is 0. The standard InChI is InChI=1S/C10H18O.C10H20O.C9H18O2.C9H18O.C8H18O2.C4H10O.C2H6.CH4/c1-3-7-4-8-5-9(7)10(11)6(8)2;1-4-9-5-7(2)8(3)10(11)6-9;1-4-7(3)9(11)6-8(10)5-2;1-3-8-5-4-7(2)9(10)6-8;1-4-7(2)5-10-6-8(3)9;1-3-4(2)5;1-2;/h6-11H,3-5H2,1-2H3;7-11H,4-6H2,1-3H3;7-8,10H,4-6H2,1-3H3;7-10H,3-6H2,1-2H3;7-9H,4-6H2,1-3H3;4-5H,3H2,1-2H3;1-2H3;1H4. The van der Waals surface area contributed by atoms with Gasteiger partial charge in [0.1, 0.15) is 5.78 Å². The fraction of sp³-hybridized carbons (Fsp3) is 0.981. The van der Waals surface area contributed by atoms with Gasteiger partial charge in [-0.3, -0.25) is 4.79 Å². The molecule has 372 valence electrons. The van der Waals surface area contributed by atoms with Crippen molar-refractivity contribution in [1.29, 1.82) is 0 Å². The minimum absolute atomic E-state index is 0. The second-order valence-electron chi connectivity index (χ2n) is 19.4. The molecule has 0 aromatic heterocycles. The number of Topliss-reactive ketones (excluding diaryl/α,β-unsaturated/α-hetero) is 1. The maximum atomic E-state index is 11.2. The van der Waals surface area contributed by atoms with Gasteiger partial charge >= 0.3 is 0 Å². The zero-order valence-corrected chi connectivity index (χ0v) is 42.8. The van der Waals surface area contributed by atoms with E-state index < -0.39 is 6.10 Å². The lowest BCUT2D eigenvalue weighted by atomic mass is 9.73.